The van der Waals surface area contributed by atoms with Crippen molar-refractivity contribution in [1.29, 1.82) is 0 Å². The lowest BCUT2D eigenvalue weighted by Gasteiger charge is -2.10. The maximum atomic E-state index is 10.6. The summed E-state index contributed by atoms with van der Waals surface area (Å²) < 4.78 is 5.72. The van der Waals surface area contributed by atoms with E-state index in [-0.39, 0.29) is 6.54 Å². The average molecular weight is 247 g/mol. The van der Waals surface area contributed by atoms with Gasteiger partial charge in [0.15, 0.2) is 0 Å². The van der Waals surface area contributed by atoms with Crippen molar-refractivity contribution in [1.82, 2.24) is 4.90 Å². The topological polar surface area (TPSA) is 53.7 Å². The van der Waals surface area contributed by atoms with Gasteiger partial charge in [0.2, 0.25) is 0 Å². The summed E-state index contributed by atoms with van der Waals surface area (Å²) in [7, 11) is 1.76. The monoisotopic (exact) mass is 247 g/mol. The number of hydrogen-bond acceptors (Lipinski definition) is 3. The molecule has 1 aromatic heterocycles. The largest absolute Gasteiger partial charge is 0.480 e. The molecule has 2 aromatic rings. The SMILES string of the molecule is Cc1cc2cc(CN(C)CC(=O)O)oc2cc1C. The Hall–Kier alpha value is -1.81. The van der Waals surface area contributed by atoms with Crippen LogP contribution < -0.4 is 0 Å². The molecule has 4 heteroatoms. The summed E-state index contributed by atoms with van der Waals surface area (Å²) >= 11 is 0. The summed E-state index contributed by atoms with van der Waals surface area (Å²) in [6.07, 6.45) is 0. The van der Waals surface area contributed by atoms with Gasteiger partial charge < -0.3 is 9.52 Å². The highest BCUT2D eigenvalue weighted by Crippen LogP contribution is 2.23. The van der Waals surface area contributed by atoms with Crippen molar-refractivity contribution < 1.29 is 14.3 Å². The van der Waals surface area contributed by atoms with E-state index in [0.29, 0.717) is 6.54 Å². The van der Waals surface area contributed by atoms with E-state index in [1.807, 2.05) is 19.1 Å². The number of carbonyl (C=O) groups is 1. The Labute approximate surface area is 106 Å². The number of carboxylic acid groups (broad SMARTS) is 1. The first-order valence-corrected chi connectivity index (χ1v) is 5.85. The van der Waals surface area contributed by atoms with Crippen LogP contribution in [-0.2, 0) is 11.3 Å². The van der Waals surface area contributed by atoms with Gasteiger partial charge in [-0.3, -0.25) is 9.69 Å². The number of hydrogen-bond donors (Lipinski definition) is 1. The molecule has 96 valence electrons. The number of rotatable bonds is 4. The number of carboxylic acids is 1. The molecule has 0 fully saturated rings. The summed E-state index contributed by atoms with van der Waals surface area (Å²) in [5.41, 5.74) is 3.29. The molecule has 2 rings (SSSR count). The van der Waals surface area contributed by atoms with E-state index in [1.165, 1.54) is 11.1 Å². The minimum absolute atomic E-state index is 0.00903. The highest BCUT2D eigenvalue weighted by molar-refractivity contribution is 5.79. The van der Waals surface area contributed by atoms with E-state index in [0.717, 1.165) is 16.7 Å². The zero-order valence-corrected chi connectivity index (χ0v) is 10.9. The minimum Gasteiger partial charge on any atom is -0.480 e. The highest BCUT2D eigenvalue weighted by atomic mass is 16.4. The number of fused-ring (bicyclic) bond motifs is 1. The second-order valence-electron chi connectivity index (χ2n) is 4.75. The maximum Gasteiger partial charge on any atom is 0.317 e. The fraction of sp³-hybridized carbons (Fsp3) is 0.357. The number of aliphatic carboxylic acids is 1. The Morgan fingerprint density at radius 2 is 1.94 bits per heavy atom. The van der Waals surface area contributed by atoms with Crippen LogP contribution in [0.5, 0.6) is 0 Å². The number of aryl methyl sites for hydroxylation is 2. The second kappa shape index (κ2) is 4.82. The van der Waals surface area contributed by atoms with Gasteiger partial charge in [-0.05, 0) is 50.2 Å². The zero-order chi connectivity index (χ0) is 13.3. The molecular weight excluding hydrogens is 230 g/mol. The minimum atomic E-state index is -0.833. The summed E-state index contributed by atoms with van der Waals surface area (Å²) in [6.45, 7) is 4.62. The fourth-order valence-electron chi connectivity index (χ4n) is 1.99. The lowest BCUT2D eigenvalue weighted by Crippen LogP contribution is -2.24. The van der Waals surface area contributed by atoms with Crippen LogP contribution in [0.1, 0.15) is 16.9 Å². The molecule has 0 aliphatic rings. The summed E-state index contributed by atoms with van der Waals surface area (Å²) in [6, 6.07) is 6.08. The Balaban J connectivity index is 2.22. The van der Waals surface area contributed by atoms with Gasteiger partial charge in [0.05, 0.1) is 13.1 Å². The van der Waals surface area contributed by atoms with E-state index in [2.05, 4.69) is 13.0 Å². The van der Waals surface area contributed by atoms with Crippen molar-refractivity contribution in [2.24, 2.45) is 0 Å². The van der Waals surface area contributed by atoms with E-state index < -0.39 is 5.97 Å². The van der Waals surface area contributed by atoms with E-state index in [1.54, 1.807) is 11.9 Å². The maximum absolute atomic E-state index is 10.6. The molecule has 0 aliphatic heterocycles. The van der Waals surface area contributed by atoms with Crippen molar-refractivity contribution in [2.45, 2.75) is 20.4 Å². The number of nitrogens with zero attached hydrogens (tertiary/aromatic N) is 1. The van der Waals surface area contributed by atoms with Gasteiger partial charge in [0, 0.05) is 5.39 Å². The molecule has 0 saturated carbocycles. The van der Waals surface area contributed by atoms with Crippen molar-refractivity contribution in [3.05, 3.63) is 35.1 Å². The molecule has 1 N–H and O–H groups in total. The number of furan rings is 1. The molecule has 4 nitrogen and oxygen atoms in total. The predicted octanol–water partition coefficient (Wildman–Crippen LogP) is 2.57. The lowest BCUT2D eigenvalue weighted by atomic mass is 10.1. The molecule has 1 aromatic carbocycles. The number of benzene rings is 1. The molecular formula is C14H17NO3. The van der Waals surface area contributed by atoms with Crippen molar-refractivity contribution in [2.75, 3.05) is 13.6 Å². The smallest absolute Gasteiger partial charge is 0.317 e. The van der Waals surface area contributed by atoms with Gasteiger partial charge in [0.1, 0.15) is 11.3 Å². The van der Waals surface area contributed by atoms with Crippen LogP contribution in [0.15, 0.2) is 22.6 Å². The molecule has 0 atom stereocenters. The average Bonchev–Trinajstić information content (AvgIpc) is 2.58. The van der Waals surface area contributed by atoms with Crippen LogP contribution >= 0.6 is 0 Å². The molecule has 0 amide bonds. The third-order valence-corrected chi connectivity index (χ3v) is 3.01. The predicted molar refractivity (Wildman–Crippen MR) is 69.7 cm³/mol. The molecule has 1 heterocycles. The van der Waals surface area contributed by atoms with Crippen LogP contribution in [0, 0.1) is 13.8 Å². The molecule has 0 saturated heterocycles. The molecule has 0 bridgehead atoms. The van der Waals surface area contributed by atoms with Crippen LogP contribution in [0.4, 0.5) is 0 Å². The highest BCUT2D eigenvalue weighted by Gasteiger charge is 2.10. The summed E-state index contributed by atoms with van der Waals surface area (Å²) in [5.74, 6) is -0.0425. The standard InChI is InChI=1S/C14H17NO3/c1-9-4-11-6-12(7-15(3)8-14(16)17)18-13(11)5-10(9)2/h4-6H,7-8H2,1-3H3,(H,16,17). The van der Waals surface area contributed by atoms with Gasteiger partial charge in [-0.25, -0.2) is 0 Å². The molecule has 0 unspecified atom stereocenters. The first-order chi connectivity index (χ1) is 8.45. The first kappa shape index (κ1) is 12.6. The van der Waals surface area contributed by atoms with Crippen LogP contribution in [-0.4, -0.2) is 29.6 Å². The van der Waals surface area contributed by atoms with Crippen molar-refractivity contribution in [3.63, 3.8) is 0 Å². The van der Waals surface area contributed by atoms with E-state index in [4.69, 9.17) is 9.52 Å². The zero-order valence-electron chi connectivity index (χ0n) is 10.9. The number of likely N-dealkylation sites (N-methyl/N-ethyl adjacent to an activating group) is 1. The summed E-state index contributed by atoms with van der Waals surface area (Å²) in [4.78, 5) is 12.3. The molecule has 18 heavy (non-hydrogen) atoms. The van der Waals surface area contributed by atoms with Crippen LogP contribution in [0.3, 0.4) is 0 Å². The van der Waals surface area contributed by atoms with Gasteiger partial charge in [-0.15, -0.1) is 0 Å². The van der Waals surface area contributed by atoms with Crippen LogP contribution in [0.2, 0.25) is 0 Å². The van der Waals surface area contributed by atoms with Crippen molar-refractivity contribution in [3.8, 4) is 0 Å². The molecule has 0 aliphatic carbocycles. The lowest BCUT2D eigenvalue weighted by molar-refractivity contribution is -0.138. The van der Waals surface area contributed by atoms with Gasteiger partial charge in [-0.1, -0.05) is 0 Å². The molecule has 0 spiro atoms. The third-order valence-electron chi connectivity index (χ3n) is 3.01. The first-order valence-electron chi connectivity index (χ1n) is 5.85. The van der Waals surface area contributed by atoms with Gasteiger partial charge in [-0.2, -0.15) is 0 Å². The van der Waals surface area contributed by atoms with Gasteiger partial charge >= 0.3 is 5.97 Å². The third kappa shape index (κ3) is 2.71. The Morgan fingerprint density at radius 1 is 1.28 bits per heavy atom. The van der Waals surface area contributed by atoms with Crippen molar-refractivity contribution >= 4 is 16.9 Å². The Kier molecular flexibility index (Phi) is 3.39. The van der Waals surface area contributed by atoms with E-state index in [9.17, 15) is 4.79 Å². The fourth-order valence-corrected chi connectivity index (χ4v) is 1.99. The second-order valence-corrected chi connectivity index (χ2v) is 4.75. The Bertz CT molecular complexity index is 547. The summed E-state index contributed by atoms with van der Waals surface area (Å²) in [5, 5.41) is 9.77. The normalized spacial score (nSPS) is 11.3. The van der Waals surface area contributed by atoms with Gasteiger partial charge in [0.25, 0.3) is 0 Å². The quantitative estimate of drug-likeness (QED) is 0.902. The molecule has 0 radical (unpaired) electrons. The van der Waals surface area contributed by atoms with E-state index >= 15 is 0 Å². The Morgan fingerprint density at radius 3 is 2.61 bits per heavy atom. The van der Waals surface area contributed by atoms with Crippen LogP contribution in [0.25, 0.3) is 11.0 Å².